The van der Waals surface area contributed by atoms with Crippen molar-refractivity contribution >= 4 is 17.7 Å². The smallest absolute Gasteiger partial charge is 0.323 e. The lowest BCUT2D eigenvalue weighted by molar-refractivity contribution is -0.144. The third kappa shape index (κ3) is 2.70. The van der Waals surface area contributed by atoms with E-state index >= 15 is 0 Å². The second-order valence-electron chi connectivity index (χ2n) is 4.75. The molecule has 1 aliphatic rings. The molecule has 6 heteroatoms. The first-order chi connectivity index (χ1) is 8.55. The number of hydrogen-bond acceptors (Lipinski definition) is 4. The van der Waals surface area contributed by atoms with Crippen molar-refractivity contribution in [1.29, 1.82) is 0 Å². The molecule has 2 rings (SSSR count). The maximum atomic E-state index is 11.4. The average Bonchev–Trinajstić information content (AvgIpc) is 2.88. The standard InChI is InChI=1S/C12H19N3O2S/c1-3-13-12(11(16)17)5-4-9(6-12)18-10-7-14-15(2)8-10/h7-9,13H,3-6H2,1-2H3,(H,16,17). The number of nitrogens with zero attached hydrogens (tertiary/aromatic N) is 2. The number of carboxylic acids is 1. The van der Waals surface area contributed by atoms with Crippen molar-refractivity contribution in [1.82, 2.24) is 15.1 Å². The van der Waals surface area contributed by atoms with Crippen molar-refractivity contribution < 1.29 is 9.90 Å². The van der Waals surface area contributed by atoms with E-state index < -0.39 is 11.5 Å². The summed E-state index contributed by atoms with van der Waals surface area (Å²) in [5.41, 5.74) is -0.728. The van der Waals surface area contributed by atoms with Gasteiger partial charge in [-0.15, -0.1) is 11.8 Å². The molecular formula is C12H19N3O2S. The summed E-state index contributed by atoms with van der Waals surface area (Å²) in [6.45, 7) is 2.64. The van der Waals surface area contributed by atoms with Gasteiger partial charge in [-0.05, 0) is 25.8 Å². The van der Waals surface area contributed by atoms with Crippen LogP contribution in [0.15, 0.2) is 17.3 Å². The molecule has 0 aliphatic heterocycles. The zero-order valence-corrected chi connectivity index (χ0v) is 11.5. The highest BCUT2D eigenvalue weighted by atomic mass is 32.2. The zero-order chi connectivity index (χ0) is 13.2. The van der Waals surface area contributed by atoms with E-state index in [-0.39, 0.29) is 0 Å². The first-order valence-electron chi connectivity index (χ1n) is 6.19. The second-order valence-corrected chi connectivity index (χ2v) is 6.12. The Morgan fingerprint density at radius 2 is 2.56 bits per heavy atom. The van der Waals surface area contributed by atoms with Crippen LogP contribution in [0.4, 0.5) is 0 Å². The third-order valence-electron chi connectivity index (χ3n) is 3.38. The van der Waals surface area contributed by atoms with Gasteiger partial charge in [-0.25, -0.2) is 0 Å². The van der Waals surface area contributed by atoms with Gasteiger partial charge in [-0.1, -0.05) is 6.92 Å². The topological polar surface area (TPSA) is 67.2 Å². The van der Waals surface area contributed by atoms with Crippen molar-refractivity contribution in [2.45, 2.75) is 41.9 Å². The Bertz CT molecular complexity index is 435. The van der Waals surface area contributed by atoms with Gasteiger partial charge in [0.1, 0.15) is 5.54 Å². The molecule has 100 valence electrons. The molecule has 1 aliphatic carbocycles. The Hall–Kier alpha value is -1.01. The highest BCUT2D eigenvalue weighted by molar-refractivity contribution is 8.00. The third-order valence-corrected chi connectivity index (χ3v) is 4.60. The Morgan fingerprint density at radius 3 is 3.11 bits per heavy atom. The number of likely N-dealkylation sites (N-methyl/N-ethyl adjacent to an activating group) is 1. The Labute approximate surface area is 111 Å². The molecule has 0 spiro atoms. The quantitative estimate of drug-likeness (QED) is 0.848. The SMILES string of the molecule is CCNC1(C(=O)O)CCC(Sc2cnn(C)c2)C1. The predicted octanol–water partition coefficient (Wildman–Crippen LogP) is 1.50. The molecule has 2 unspecified atom stereocenters. The van der Waals surface area contributed by atoms with Crippen LogP contribution in [0.2, 0.25) is 0 Å². The van der Waals surface area contributed by atoms with E-state index in [4.69, 9.17) is 0 Å². The summed E-state index contributed by atoms with van der Waals surface area (Å²) in [5, 5.41) is 17.0. The Kier molecular flexibility index (Phi) is 3.97. The molecule has 18 heavy (non-hydrogen) atoms. The number of thioether (sulfide) groups is 1. The molecule has 1 aromatic heterocycles. The van der Waals surface area contributed by atoms with Crippen LogP contribution in [0.3, 0.4) is 0 Å². The van der Waals surface area contributed by atoms with Gasteiger partial charge >= 0.3 is 5.97 Å². The molecule has 0 bridgehead atoms. The maximum absolute atomic E-state index is 11.4. The lowest BCUT2D eigenvalue weighted by Gasteiger charge is -2.25. The van der Waals surface area contributed by atoms with Crippen LogP contribution in [0, 0.1) is 0 Å². The number of aliphatic carboxylic acids is 1. The maximum Gasteiger partial charge on any atom is 0.323 e. The minimum atomic E-state index is -0.728. The largest absolute Gasteiger partial charge is 0.480 e. The molecular weight excluding hydrogens is 250 g/mol. The van der Waals surface area contributed by atoms with Crippen LogP contribution in [0.1, 0.15) is 26.2 Å². The molecule has 1 fully saturated rings. The van der Waals surface area contributed by atoms with Gasteiger partial charge in [-0.2, -0.15) is 5.10 Å². The van der Waals surface area contributed by atoms with E-state index in [1.807, 2.05) is 26.4 Å². The Balaban J connectivity index is 2.00. The summed E-state index contributed by atoms with van der Waals surface area (Å²) < 4.78 is 1.77. The van der Waals surface area contributed by atoms with Crippen LogP contribution < -0.4 is 5.32 Å². The summed E-state index contributed by atoms with van der Waals surface area (Å²) in [5.74, 6) is -0.723. The minimum Gasteiger partial charge on any atom is -0.480 e. The van der Waals surface area contributed by atoms with E-state index in [1.165, 1.54) is 0 Å². The summed E-state index contributed by atoms with van der Waals surface area (Å²) in [7, 11) is 1.89. The van der Waals surface area contributed by atoms with Crippen molar-refractivity contribution in [2.75, 3.05) is 6.54 Å². The summed E-state index contributed by atoms with van der Waals surface area (Å²) in [4.78, 5) is 12.5. The molecule has 1 saturated carbocycles. The normalized spacial score (nSPS) is 27.6. The van der Waals surface area contributed by atoms with Crippen LogP contribution in [-0.2, 0) is 11.8 Å². The van der Waals surface area contributed by atoms with Crippen LogP contribution >= 0.6 is 11.8 Å². The molecule has 2 N–H and O–H groups in total. The fourth-order valence-electron chi connectivity index (χ4n) is 2.52. The van der Waals surface area contributed by atoms with Gasteiger partial charge in [-0.3, -0.25) is 9.48 Å². The highest BCUT2D eigenvalue weighted by Crippen LogP contribution is 2.40. The number of rotatable bonds is 5. The minimum absolute atomic E-state index is 0.351. The van der Waals surface area contributed by atoms with Gasteiger partial charge in [0, 0.05) is 23.4 Å². The molecule has 0 radical (unpaired) electrons. The molecule has 2 atom stereocenters. The monoisotopic (exact) mass is 269 g/mol. The number of nitrogens with one attached hydrogen (secondary N) is 1. The number of aromatic nitrogens is 2. The van der Waals surface area contributed by atoms with Crippen molar-refractivity contribution in [3.05, 3.63) is 12.4 Å². The molecule has 1 aromatic rings. The summed E-state index contributed by atoms with van der Waals surface area (Å²) >= 11 is 1.73. The molecule has 1 heterocycles. The zero-order valence-electron chi connectivity index (χ0n) is 10.7. The van der Waals surface area contributed by atoms with E-state index in [0.717, 1.165) is 11.3 Å². The number of hydrogen-bond donors (Lipinski definition) is 2. The van der Waals surface area contributed by atoms with Crippen molar-refractivity contribution in [3.8, 4) is 0 Å². The summed E-state index contributed by atoms with van der Waals surface area (Å²) in [6, 6.07) is 0. The van der Waals surface area contributed by atoms with Crippen molar-refractivity contribution in [3.63, 3.8) is 0 Å². The molecule has 0 aromatic carbocycles. The van der Waals surface area contributed by atoms with Gasteiger partial charge < -0.3 is 10.4 Å². The summed E-state index contributed by atoms with van der Waals surface area (Å²) in [6.07, 6.45) is 6.11. The van der Waals surface area contributed by atoms with E-state index in [1.54, 1.807) is 16.4 Å². The molecule has 5 nitrogen and oxygen atoms in total. The van der Waals surface area contributed by atoms with Gasteiger partial charge in [0.2, 0.25) is 0 Å². The number of aryl methyl sites for hydroxylation is 1. The lowest BCUT2D eigenvalue weighted by Crippen LogP contribution is -2.50. The van der Waals surface area contributed by atoms with Crippen LogP contribution in [-0.4, -0.2) is 38.2 Å². The van der Waals surface area contributed by atoms with Crippen LogP contribution in [0.5, 0.6) is 0 Å². The van der Waals surface area contributed by atoms with Gasteiger partial charge in [0.25, 0.3) is 0 Å². The van der Waals surface area contributed by atoms with Crippen LogP contribution in [0.25, 0.3) is 0 Å². The number of carboxylic acid groups (broad SMARTS) is 1. The second kappa shape index (κ2) is 5.32. The highest BCUT2D eigenvalue weighted by Gasteiger charge is 2.45. The fraction of sp³-hybridized carbons (Fsp3) is 0.667. The van der Waals surface area contributed by atoms with Gasteiger partial charge in [0.15, 0.2) is 0 Å². The van der Waals surface area contributed by atoms with E-state index in [9.17, 15) is 9.90 Å². The fourth-order valence-corrected chi connectivity index (χ4v) is 3.83. The number of carbonyl (C=O) groups is 1. The van der Waals surface area contributed by atoms with E-state index in [0.29, 0.717) is 24.6 Å². The molecule has 0 saturated heterocycles. The molecule has 0 amide bonds. The first-order valence-corrected chi connectivity index (χ1v) is 7.07. The average molecular weight is 269 g/mol. The van der Waals surface area contributed by atoms with E-state index in [2.05, 4.69) is 10.4 Å². The predicted molar refractivity (Wildman–Crippen MR) is 70.7 cm³/mol. The van der Waals surface area contributed by atoms with Gasteiger partial charge in [0.05, 0.1) is 6.20 Å². The first kappa shape index (κ1) is 13.4. The Morgan fingerprint density at radius 1 is 1.78 bits per heavy atom. The van der Waals surface area contributed by atoms with Crippen molar-refractivity contribution in [2.24, 2.45) is 7.05 Å². The lowest BCUT2D eigenvalue weighted by atomic mass is 9.98.